The summed E-state index contributed by atoms with van der Waals surface area (Å²) in [7, 11) is 0. The van der Waals surface area contributed by atoms with E-state index in [0.29, 0.717) is 12.1 Å². The second-order valence-corrected chi connectivity index (χ2v) is 3.58. The van der Waals surface area contributed by atoms with Crippen molar-refractivity contribution in [1.29, 1.82) is 0 Å². The quantitative estimate of drug-likeness (QED) is 0.755. The Morgan fingerprint density at radius 1 is 1.50 bits per heavy atom. The fourth-order valence-corrected chi connectivity index (χ4v) is 1.50. The summed E-state index contributed by atoms with van der Waals surface area (Å²) in [5, 5.41) is 4.22. The Labute approximate surface area is 95.7 Å². The number of aryl methyl sites for hydroxylation is 1. The van der Waals surface area contributed by atoms with Crippen LogP contribution in [0.1, 0.15) is 16.4 Å². The molecular formula is C10H7ClFN3O. The number of hydrogen-bond donors (Lipinski definition) is 0. The van der Waals surface area contributed by atoms with Gasteiger partial charge in [0.2, 0.25) is 0 Å². The van der Waals surface area contributed by atoms with E-state index < -0.39 is 5.82 Å². The lowest BCUT2D eigenvalue weighted by Crippen LogP contribution is -2.04. The van der Waals surface area contributed by atoms with Crippen LogP contribution in [0.15, 0.2) is 18.2 Å². The van der Waals surface area contributed by atoms with E-state index in [0.717, 1.165) is 10.7 Å². The molecule has 1 aromatic heterocycles. The highest BCUT2D eigenvalue weighted by molar-refractivity contribution is 6.30. The molecule has 0 radical (unpaired) electrons. The average Bonchev–Trinajstić information content (AvgIpc) is 2.59. The molecule has 0 aliphatic rings. The number of nitrogens with zero attached hydrogens (tertiary/aromatic N) is 3. The third-order valence-corrected chi connectivity index (χ3v) is 2.22. The van der Waals surface area contributed by atoms with Gasteiger partial charge in [-0.2, -0.15) is 5.10 Å². The zero-order chi connectivity index (χ0) is 11.7. The lowest BCUT2D eigenvalue weighted by molar-refractivity contribution is 0.111. The lowest BCUT2D eigenvalue weighted by Gasteiger charge is -2.03. The van der Waals surface area contributed by atoms with Crippen LogP contribution >= 0.6 is 11.6 Å². The van der Waals surface area contributed by atoms with Crippen molar-refractivity contribution >= 4 is 17.9 Å². The summed E-state index contributed by atoms with van der Waals surface area (Å²) in [6, 6.07) is 4.12. The largest absolute Gasteiger partial charge is 0.294 e. The Balaban J connectivity index is 2.62. The zero-order valence-corrected chi connectivity index (χ0v) is 9.07. The number of benzene rings is 1. The van der Waals surface area contributed by atoms with E-state index in [-0.39, 0.29) is 16.5 Å². The van der Waals surface area contributed by atoms with Crippen LogP contribution < -0.4 is 0 Å². The van der Waals surface area contributed by atoms with Crippen LogP contribution in [0.2, 0.25) is 5.02 Å². The molecule has 0 bridgehead atoms. The summed E-state index contributed by atoms with van der Waals surface area (Å²) in [6.45, 7) is 1.62. The highest BCUT2D eigenvalue weighted by Gasteiger charge is 2.12. The van der Waals surface area contributed by atoms with E-state index in [1.54, 1.807) is 6.92 Å². The number of carbonyl (C=O) groups excluding carboxylic acids is 1. The molecule has 0 spiro atoms. The van der Waals surface area contributed by atoms with Gasteiger partial charge in [-0.15, -0.1) is 0 Å². The number of carbonyl (C=O) groups is 1. The van der Waals surface area contributed by atoms with Crippen molar-refractivity contribution in [2.45, 2.75) is 6.92 Å². The first kappa shape index (κ1) is 10.8. The number of aldehydes is 1. The second-order valence-electron chi connectivity index (χ2n) is 3.14. The smallest absolute Gasteiger partial charge is 0.196 e. The second kappa shape index (κ2) is 4.02. The first-order valence-electron chi connectivity index (χ1n) is 4.46. The minimum absolute atomic E-state index is 0.0544. The maximum absolute atomic E-state index is 13.6. The maximum Gasteiger partial charge on any atom is 0.196 e. The molecule has 0 aliphatic heterocycles. The topological polar surface area (TPSA) is 47.8 Å². The van der Waals surface area contributed by atoms with Crippen molar-refractivity contribution in [2.75, 3.05) is 0 Å². The molecule has 0 atom stereocenters. The Hall–Kier alpha value is -1.75. The number of hydrogen-bond acceptors (Lipinski definition) is 3. The predicted molar refractivity (Wildman–Crippen MR) is 56.5 cm³/mol. The standard InChI is InChI=1S/C10H7ClFN3O/c1-6-13-10(5-16)15(14-6)9-3-2-7(11)4-8(9)12/h2-5H,1H3. The third-order valence-electron chi connectivity index (χ3n) is 1.98. The highest BCUT2D eigenvalue weighted by Crippen LogP contribution is 2.18. The van der Waals surface area contributed by atoms with Crippen LogP contribution in [0.25, 0.3) is 5.69 Å². The molecule has 16 heavy (non-hydrogen) atoms. The summed E-state index contributed by atoms with van der Waals surface area (Å²) in [5.74, 6) is -0.101. The normalized spacial score (nSPS) is 10.4. The van der Waals surface area contributed by atoms with E-state index in [1.165, 1.54) is 12.1 Å². The Morgan fingerprint density at radius 3 is 2.88 bits per heavy atom. The minimum Gasteiger partial charge on any atom is -0.294 e. The molecule has 0 fully saturated rings. The molecule has 6 heteroatoms. The first-order chi connectivity index (χ1) is 7.61. The van der Waals surface area contributed by atoms with Crippen LogP contribution in [0.5, 0.6) is 0 Å². The average molecular weight is 240 g/mol. The summed E-state index contributed by atoms with van der Waals surface area (Å²) in [6.07, 6.45) is 0.522. The molecule has 1 aromatic carbocycles. The molecule has 4 nitrogen and oxygen atoms in total. The van der Waals surface area contributed by atoms with E-state index in [4.69, 9.17) is 11.6 Å². The van der Waals surface area contributed by atoms with Gasteiger partial charge in [0.25, 0.3) is 0 Å². The van der Waals surface area contributed by atoms with Gasteiger partial charge in [-0.3, -0.25) is 4.79 Å². The van der Waals surface area contributed by atoms with Crippen LogP contribution in [0.4, 0.5) is 4.39 Å². The van der Waals surface area contributed by atoms with Gasteiger partial charge >= 0.3 is 0 Å². The van der Waals surface area contributed by atoms with Gasteiger partial charge in [0.1, 0.15) is 17.3 Å². The zero-order valence-electron chi connectivity index (χ0n) is 8.32. The summed E-state index contributed by atoms with van der Waals surface area (Å²) in [4.78, 5) is 14.6. The van der Waals surface area contributed by atoms with Gasteiger partial charge in [-0.1, -0.05) is 11.6 Å². The van der Waals surface area contributed by atoms with E-state index in [1.807, 2.05) is 0 Å². The van der Waals surface area contributed by atoms with E-state index >= 15 is 0 Å². The molecule has 0 N–H and O–H groups in total. The van der Waals surface area contributed by atoms with Gasteiger partial charge in [0.15, 0.2) is 12.1 Å². The van der Waals surface area contributed by atoms with Crippen molar-refractivity contribution in [3.05, 3.63) is 40.7 Å². The summed E-state index contributed by atoms with van der Waals surface area (Å²) in [5.41, 5.74) is 0.145. The number of rotatable bonds is 2. The molecule has 0 amide bonds. The Bertz CT molecular complexity index is 553. The molecule has 2 rings (SSSR count). The highest BCUT2D eigenvalue weighted by atomic mass is 35.5. The van der Waals surface area contributed by atoms with Crippen molar-refractivity contribution in [2.24, 2.45) is 0 Å². The van der Waals surface area contributed by atoms with Gasteiger partial charge in [-0.05, 0) is 25.1 Å². The fraction of sp³-hybridized carbons (Fsp3) is 0.100. The molecule has 2 aromatic rings. The van der Waals surface area contributed by atoms with Gasteiger partial charge in [-0.25, -0.2) is 14.1 Å². The van der Waals surface area contributed by atoms with Crippen LogP contribution in [0.3, 0.4) is 0 Å². The van der Waals surface area contributed by atoms with Gasteiger partial charge in [0, 0.05) is 5.02 Å². The van der Waals surface area contributed by atoms with Gasteiger partial charge in [0.05, 0.1) is 0 Å². The maximum atomic E-state index is 13.6. The van der Waals surface area contributed by atoms with Crippen LogP contribution in [-0.4, -0.2) is 21.1 Å². The number of aromatic nitrogens is 3. The third kappa shape index (κ3) is 1.81. The fourth-order valence-electron chi connectivity index (χ4n) is 1.34. The van der Waals surface area contributed by atoms with Gasteiger partial charge < -0.3 is 0 Å². The Morgan fingerprint density at radius 2 is 2.25 bits per heavy atom. The predicted octanol–water partition coefficient (Wildman–Crippen LogP) is 2.18. The lowest BCUT2D eigenvalue weighted by atomic mass is 10.3. The molecule has 82 valence electrons. The monoisotopic (exact) mass is 239 g/mol. The molecule has 1 heterocycles. The molecular weight excluding hydrogens is 233 g/mol. The molecule has 0 saturated carbocycles. The summed E-state index contributed by atoms with van der Waals surface area (Å²) < 4.78 is 14.7. The van der Waals surface area contributed by atoms with E-state index in [9.17, 15) is 9.18 Å². The van der Waals surface area contributed by atoms with Crippen molar-refractivity contribution < 1.29 is 9.18 Å². The first-order valence-corrected chi connectivity index (χ1v) is 4.84. The SMILES string of the molecule is Cc1nc(C=O)n(-c2ccc(Cl)cc2F)n1. The van der Waals surface area contributed by atoms with Crippen molar-refractivity contribution in [3.8, 4) is 5.69 Å². The molecule has 0 aliphatic carbocycles. The van der Waals surface area contributed by atoms with E-state index in [2.05, 4.69) is 10.1 Å². The minimum atomic E-state index is -0.555. The molecule has 0 saturated heterocycles. The number of halogens is 2. The molecule has 0 unspecified atom stereocenters. The van der Waals surface area contributed by atoms with Crippen LogP contribution in [0, 0.1) is 12.7 Å². The van der Waals surface area contributed by atoms with Crippen molar-refractivity contribution in [3.63, 3.8) is 0 Å². The van der Waals surface area contributed by atoms with Crippen molar-refractivity contribution in [1.82, 2.24) is 14.8 Å². The Kier molecular flexibility index (Phi) is 2.70. The summed E-state index contributed by atoms with van der Waals surface area (Å²) >= 11 is 5.63. The van der Waals surface area contributed by atoms with Crippen LogP contribution in [-0.2, 0) is 0 Å².